The minimum absolute atomic E-state index is 0.286. The number of ether oxygens (including phenoxy) is 1. The fraction of sp³-hybridized carbons (Fsp3) is 0.214. The zero-order valence-corrected chi connectivity index (χ0v) is 8.97. The molecule has 0 aliphatic heterocycles. The molecule has 0 spiro atoms. The fourth-order valence-electron chi connectivity index (χ4n) is 1.67. The van der Waals surface area contributed by atoms with Gasteiger partial charge in [0.05, 0.1) is 6.07 Å². The zero-order valence-electron chi connectivity index (χ0n) is 8.97. The Morgan fingerprint density at radius 2 is 2.12 bits per heavy atom. The van der Waals surface area contributed by atoms with Crippen molar-refractivity contribution in [2.75, 3.05) is 0 Å². The minimum atomic E-state index is 0.286. The monoisotopic (exact) mass is 211 g/mol. The van der Waals surface area contributed by atoms with E-state index >= 15 is 0 Å². The Kier molecular flexibility index (Phi) is 3.40. The third kappa shape index (κ3) is 2.74. The third-order valence-electron chi connectivity index (χ3n) is 2.45. The second-order valence-corrected chi connectivity index (χ2v) is 3.74. The maximum absolute atomic E-state index is 8.65. The first-order chi connectivity index (χ1) is 7.88. The summed E-state index contributed by atoms with van der Waals surface area (Å²) < 4.78 is 5.70. The van der Waals surface area contributed by atoms with Crippen molar-refractivity contribution in [3.63, 3.8) is 0 Å². The Labute approximate surface area is 95.5 Å². The number of rotatable bonds is 3. The Morgan fingerprint density at radius 1 is 1.31 bits per heavy atom. The molecule has 0 aromatic heterocycles. The van der Waals surface area contributed by atoms with Crippen molar-refractivity contribution in [3.8, 4) is 11.8 Å². The van der Waals surface area contributed by atoms with Gasteiger partial charge in [0.25, 0.3) is 0 Å². The summed E-state index contributed by atoms with van der Waals surface area (Å²) in [5.41, 5.74) is 0. The molecule has 80 valence electrons. The number of para-hydroxylation sites is 1. The van der Waals surface area contributed by atoms with Crippen LogP contribution in [-0.2, 0) is 0 Å². The van der Waals surface area contributed by atoms with Gasteiger partial charge in [-0.05, 0) is 36.6 Å². The largest absolute Gasteiger partial charge is 0.458 e. The van der Waals surface area contributed by atoms with Crippen LogP contribution in [0.3, 0.4) is 0 Å². The van der Waals surface area contributed by atoms with Gasteiger partial charge in [-0.25, -0.2) is 0 Å². The van der Waals surface area contributed by atoms with E-state index in [4.69, 9.17) is 10.00 Å². The van der Waals surface area contributed by atoms with Crippen molar-refractivity contribution in [1.82, 2.24) is 0 Å². The minimum Gasteiger partial charge on any atom is -0.458 e. The summed E-state index contributed by atoms with van der Waals surface area (Å²) in [6.45, 7) is 0. The number of hydrogen-bond acceptors (Lipinski definition) is 2. The molecular formula is C14H13NO. The molecule has 2 rings (SSSR count). The van der Waals surface area contributed by atoms with Crippen molar-refractivity contribution >= 4 is 0 Å². The van der Waals surface area contributed by atoms with E-state index in [-0.39, 0.29) is 5.92 Å². The number of allylic oxidation sites excluding steroid dienone is 3. The standard InChI is InChI=1S/C14H13NO/c15-10-9-12-5-4-8-14(11-12)16-13-6-2-1-3-7-13/h1-4,6-8,11-12H,5,9H2. The van der Waals surface area contributed by atoms with Crippen LogP contribution in [-0.4, -0.2) is 0 Å². The summed E-state index contributed by atoms with van der Waals surface area (Å²) in [7, 11) is 0. The van der Waals surface area contributed by atoms with Gasteiger partial charge in [0.2, 0.25) is 0 Å². The predicted octanol–water partition coefficient (Wildman–Crippen LogP) is 3.44. The van der Waals surface area contributed by atoms with E-state index in [1.165, 1.54) is 0 Å². The molecular weight excluding hydrogens is 198 g/mol. The van der Waals surface area contributed by atoms with Crippen LogP contribution in [0.1, 0.15) is 12.8 Å². The van der Waals surface area contributed by atoms with Gasteiger partial charge >= 0.3 is 0 Å². The maximum Gasteiger partial charge on any atom is 0.127 e. The lowest BCUT2D eigenvalue weighted by Crippen LogP contribution is -2.03. The normalized spacial score (nSPS) is 18.7. The Bertz CT molecular complexity index is 440. The van der Waals surface area contributed by atoms with Gasteiger partial charge in [0.1, 0.15) is 11.5 Å². The van der Waals surface area contributed by atoms with Crippen LogP contribution in [0.15, 0.2) is 54.3 Å². The van der Waals surface area contributed by atoms with Gasteiger partial charge in [0, 0.05) is 6.42 Å². The van der Waals surface area contributed by atoms with E-state index in [2.05, 4.69) is 12.1 Å². The summed E-state index contributed by atoms with van der Waals surface area (Å²) in [6, 6.07) is 11.9. The Hall–Kier alpha value is -2.01. The van der Waals surface area contributed by atoms with Crippen LogP contribution in [0.25, 0.3) is 0 Å². The van der Waals surface area contributed by atoms with Gasteiger partial charge in [-0.3, -0.25) is 0 Å². The lowest BCUT2D eigenvalue weighted by Gasteiger charge is -2.14. The molecule has 2 heteroatoms. The third-order valence-corrected chi connectivity index (χ3v) is 2.45. The van der Waals surface area contributed by atoms with E-state index < -0.39 is 0 Å². The SMILES string of the molecule is N#CCC1C=C(Oc2ccccc2)C=CC1. The zero-order chi connectivity index (χ0) is 11.2. The van der Waals surface area contributed by atoms with E-state index in [9.17, 15) is 0 Å². The van der Waals surface area contributed by atoms with Gasteiger partial charge in [-0.15, -0.1) is 0 Å². The molecule has 0 fully saturated rings. The van der Waals surface area contributed by atoms with Crippen molar-refractivity contribution < 1.29 is 4.74 Å². The molecule has 1 aromatic rings. The first-order valence-corrected chi connectivity index (χ1v) is 5.36. The molecule has 0 N–H and O–H groups in total. The van der Waals surface area contributed by atoms with Crippen LogP contribution >= 0.6 is 0 Å². The molecule has 0 amide bonds. The fourth-order valence-corrected chi connectivity index (χ4v) is 1.67. The molecule has 0 heterocycles. The number of benzene rings is 1. The topological polar surface area (TPSA) is 33.0 Å². The molecule has 1 unspecified atom stereocenters. The second-order valence-electron chi connectivity index (χ2n) is 3.74. The van der Waals surface area contributed by atoms with Gasteiger partial charge in [-0.2, -0.15) is 5.26 Å². The highest BCUT2D eigenvalue weighted by Gasteiger charge is 2.10. The number of nitriles is 1. The molecule has 1 aromatic carbocycles. The van der Waals surface area contributed by atoms with Crippen molar-refractivity contribution in [3.05, 3.63) is 54.3 Å². The van der Waals surface area contributed by atoms with Crippen LogP contribution < -0.4 is 4.74 Å². The average molecular weight is 211 g/mol. The lowest BCUT2D eigenvalue weighted by molar-refractivity contribution is 0.430. The first-order valence-electron chi connectivity index (χ1n) is 5.36. The second kappa shape index (κ2) is 5.18. The van der Waals surface area contributed by atoms with E-state index in [1.54, 1.807) is 0 Å². The highest BCUT2D eigenvalue weighted by atomic mass is 16.5. The Balaban J connectivity index is 2.05. The van der Waals surface area contributed by atoms with E-state index in [1.807, 2.05) is 42.5 Å². The van der Waals surface area contributed by atoms with Gasteiger partial charge in [0.15, 0.2) is 0 Å². The number of hydrogen-bond donors (Lipinski definition) is 0. The molecule has 0 radical (unpaired) electrons. The molecule has 16 heavy (non-hydrogen) atoms. The molecule has 0 saturated heterocycles. The predicted molar refractivity (Wildman–Crippen MR) is 62.6 cm³/mol. The van der Waals surface area contributed by atoms with E-state index in [0.29, 0.717) is 6.42 Å². The highest BCUT2D eigenvalue weighted by Crippen LogP contribution is 2.22. The van der Waals surface area contributed by atoms with Crippen molar-refractivity contribution in [2.45, 2.75) is 12.8 Å². The first kappa shape index (κ1) is 10.5. The van der Waals surface area contributed by atoms with Crippen LogP contribution in [0.4, 0.5) is 0 Å². The molecule has 0 saturated carbocycles. The van der Waals surface area contributed by atoms with Crippen molar-refractivity contribution in [1.29, 1.82) is 5.26 Å². The molecule has 1 aliphatic carbocycles. The molecule has 1 aliphatic rings. The summed E-state index contributed by atoms with van der Waals surface area (Å²) in [5.74, 6) is 1.95. The van der Waals surface area contributed by atoms with E-state index in [0.717, 1.165) is 17.9 Å². The lowest BCUT2D eigenvalue weighted by atomic mass is 9.97. The smallest absolute Gasteiger partial charge is 0.127 e. The van der Waals surface area contributed by atoms with Crippen LogP contribution in [0.5, 0.6) is 5.75 Å². The van der Waals surface area contributed by atoms with Crippen molar-refractivity contribution in [2.24, 2.45) is 5.92 Å². The van der Waals surface area contributed by atoms with Crippen LogP contribution in [0, 0.1) is 17.2 Å². The molecule has 0 bridgehead atoms. The van der Waals surface area contributed by atoms with Gasteiger partial charge in [-0.1, -0.05) is 24.3 Å². The van der Waals surface area contributed by atoms with Crippen LogP contribution in [0.2, 0.25) is 0 Å². The molecule has 1 atom stereocenters. The quantitative estimate of drug-likeness (QED) is 0.767. The van der Waals surface area contributed by atoms with Gasteiger partial charge < -0.3 is 4.74 Å². The summed E-state index contributed by atoms with van der Waals surface area (Å²) in [5, 5.41) is 8.65. The average Bonchev–Trinajstić information content (AvgIpc) is 2.31. The number of nitrogens with zero attached hydrogens (tertiary/aromatic N) is 1. The summed E-state index contributed by atoms with van der Waals surface area (Å²) in [6.07, 6.45) is 7.51. The maximum atomic E-state index is 8.65. The summed E-state index contributed by atoms with van der Waals surface area (Å²) in [4.78, 5) is 0. The Morgan fingerprint density at radius 3 is 2.88 bits per heavy atom. The summed E-state index contributed by atoms with van der Waals surface area (Å²) >= 11 is 0. The molecule has 2 nitrogen and oxygen atoms in total. The highest BCUT2D eigenvalue weighted by molar-refractivity contribution is 5.28.